The maximum absolute atomic E-state index is 15.3. The van der Waals surface area contributed by atoms with Crippen molar-refractivity contribution >= 4 is 38.7 Å². The molecule has 1 aliphatic rings. The van der Waals surface area contributed by atoms with Crippen molar-refractivity contribution in [1.82, 2.24) is 18.8 Å². The van der Waals surface area contributed by atoms with E-state index >= 15 is 4.39 Å². The Morgan fingerprint density at radius 1 is 1.28 bits per heavy atom. The van der Waals surface area contributed by atoms with Gasteiger partial charge in [-0.15, -0.1) is 0 Å². The molecule has 0 bridgehead atoms. The fourth-order valence-electron chi connectivity index (χ4n) is 3.50. The van der Waals surface area contributed by atoms with Gasteiger partial charge in [0.15, 0.2) is 11.0 Å². The smallest absolute Gasteiger partial charge is 0.295 e. The van der Waals surface area contributed by atoms with Crippen molar-refractivity contribution < 1.29 is 21.6 Å². The summed E-state index contributed by atoms with van der Waals surface area (Å²) in [6.07, 6.45) is 1.92. The molecule has 1 saturated heterocycles. The van der Waals surface area contributed by atoms with Gasteiger partial charge in [0, 0.05) is 31.7 Å². The Kier molecular flexibility index (Phi) is 5.90. The van der Waals surface area contributed by atoms with Crippen LogP contribution >= 0.6 is 11.8 Å². The minimum Gasteiger partial charge on any atom is -0.295 e. The summed E-state index contributed by atoms with van der Waals surface area (Å²) in [6.45, 7) is -0.413. The van der Waals surface area contributed by atoms with Gasteiger partial charge in [0.2, 0.25) is 0 Å². The van der Waals surface area contributed by atoms with Crippen LogP contribution in [0.25, 0.3) is 22.2 Å². The number of benzene rings is 1. The molecule has 3 heterocycles. The number of aromatic nitrogens is 3. The summed E-state index contributed by atoms with van der Waals surface area (Å²) < 4.78 is 72.4. The van der Waals surface area contributed by atoms with Gasteiger partial charge >= 0.3 is 10.2 Å². The molecule has 1 N–H and O–H groups in total. The summed E-state index contributed by atoms with van der Waals surface area (Å²) in [5.74, 6) is -2.31. The van der Waals surface area contributed by atoms with Crippen LogP contribution < -0.4 is 10.3 Å². The predicted octanol–water partition coefficient (Wildman–Crippen LogP) is 2.70. The van der Waals surface area contributed by atoms with Crippen LogP contribution in [0.1, 0.15) is 6.42 Å². The van der Waals surface area contributed by atoms with Gasteiger partial charge in [-0.05, 0) is 30.9 Å². The van der Waals surface area contributed by atoms with Crippen molar-refractivity contribution in [2.75, 3.05) is 24.1 Å². The van der Waals surface area contributed by atoms with Gasteiger partial charge in [0.1, 0.15) is 17.6 Å². The second-order valence-electron chi connectivity index (χ2n) is 7.19. The summed E-state index contributed by atoms with van der Waals surface area (Å²) in [6, 6.07) is 3.03. The number of alkyl halides is 1. The molecule has 1 unspecified atom stereocenters. The van der Waals surface area contributed by atoms with E-state index in [1.54, 1.807) is 6.26 Å². The molecule has 0 spiro atoms. The van der Waals surface area contributed by atoms with E-state index in [1.165, 1.54) is 31.1 Å². The zero-order valence-electron chi connectivity index (χ0n) is 17.0. The SMILES string of the molecule is CSc1ncc2cc(-c3c(F)ccc(NS(=O)(=O)N4CCC(F)C4)c3F)c(=O)n(C)c2n1. The zero-order valence-corrected chi connectivity index (χ0v) is 18.6. The first kappa shape index (κ1) is 22.6. The number of hydrogen-bond donors (Lipinski definition) is 1. The Morgan fingerprint density at radius 2 is 2.03 bits per heavy atom. The van der Waals surface area contributed by atoms with E-state index in [1.807, 2.05) is 4.72 Å². The number of pyridine rings is 1. The maximum atomic E-state index is 15.3. The van der Waals surface area contributed by atoms with Crippen LogP contribution in [0.4, 0.5) is 18.9 Å². The molecule has 0 aliphatic carbocycles. The number of nitrogens with one attached hydrogen (secondary N) is 1. The highest BCUT2D eigenvalue weighted by Crippen LogP contribution is 2.31. The van der Waals surface area contributed by atoms with Crippen molar-refractivity contribution in [1.29, 1.82) is 0 Å². The largest absolute Gasteiger partial charge is 0.301 e. The summed E-state index contributed by atoms with van der Waals surface area (Å²) in [5.41, 5.74) is -2.00. The van der Waals surface area contributed by atoms with Crippen molar-refractivity contribution in [3.05, 3.63) is 46.4 Å². The van der Waals surface area contributed by atoms with Gasteiger partial charge in [-0.2, -0.15) is 12.7 Å². The van der Waals surface area contributed by atoms with Crippen LogP contribution in [-0.2, 0) is 17.3 Å². The molecule has 3 aromatic rings. The Morgan fingerprint density at radius 3 is 2.69 bits per heavy atom. The molecule has 1 fully saturated rings. The van der Waals surface area contributed by atoms with E-state index in [2.05, 4.69) is 9.97 Å². The van der Waals surface area contributed by atoms with Crippen molar-refractivity contribution in [2.24, 2.45) is 7.05 Å². The molecule has 0 radical (unpaired) electrons. The Hall–Kier alpha value is -2.64. The summed E-state index contributed by atoms with van der Waals surface area (Å²) in [5, 5.41) is 0.794. The Balaban J connectivity index is 1.82. The number of rotatable bonds is 5. The second-order valence-corrected chi connectivity index (χ2v) is 9.64. The summed E-state index contributed by atoms with van der Waals surface area (Å²) in [4.78, 5) is 21.3. The molecule has 2 aromatic heterocycles. The van der Waals surface area contributed by atoms with Crippen molar-refractivity contribution in [3.8, 4) is 11.1 Å². The first-order chi connectivity index (χ1) is 15.1. The first-order valence-corrected chi connectivity index (χ1v) is 12.1. The van der Waals surface area contributed by atoms with Crippen LogP contribution in [-0.4, -0.2) is 52.8 Å². The van der Waals surface area contributed by atoms with Crippen LogP contribution in [0.3, 0.4) is 0 Å². The van der Waals surface area contributed by atoms with Gasteiger partial charge in [0.25, 0.3) is 5.56 Å². The molecule has 1 atom stereocenters. The number of thioether (sulfide) groups is 1. The lowest BCUT2D eigenvalue weighted by molar-refractivity contribution is 0.343. The number of fused-ring (bicyclic) bond motifs is 1. The molecular weight excluding hydrogens is 467 g/mol. The number of halogens is 3. The minimum absolute atomic E-state index is 0.0332. The van der Waals surface area contributed by atoms with Crippen LogP contribution in [0, 0.1) is 11.6 Å². The summed E-state index contributed by atoms with van der Waals surface area (Å²) in [7, 11) is -2.85. The lowest BCUT2D eigenvalue weighted by Gasteiger charge is -2.18. The van der Waals surface area contributed by atoms with Gasteiger partial charge in [-0.1, -0.05) is 11.8 Å². The maximum Gasteiger partial charge on any atom is 0.301 e. The number of hydrogen-bond acceptors (Lipinski definition) is 6. The summed E-state index contributed by atoms with van der Waals surface area (Å²) >= 11 is 1.27. The molecule has 0 saturated carbocycles. The standard InChI is InChI=1S/C19H18F3N5O3S2/c1-26-17-10(8-23-19(24-17)31-2)7-12(18(26)28)15-13(21)3-4-14(16(15)22)25-32(29,30)27-6-5-11(20)9-27/h3-4,7-8,11,25H,5-6,9H2,1-2H3. The average Bonchev–Trinajstić information content (AvgIpc) is 3.21. The Labute approximate surface area is 185 Å². The van der Waals surface area contributed by atoms with Gasteiger partial charge in [-0.3, -0.25) is 14.1 Å². The molecule has 8 nitrogen and oxygen atoms in total. The zero-order chi connectivity index (χ0) is 23.2. The molecule has 13 heteroatoms. The van der Waals surface area contributed by atoms with E-state index in [0.29, 0.717) is 10.5 Å². The first-order valence-electron chi connectivity index (χ1n) is 9.43. The van der Waals surface area contributed by atoms with Crippen LogP contribution in [0.5, 0.6) is 0 Å². The normalized spacial score (nSPS) is 17.2. The molecular formula is C19H18F3N5O3S2. The highest BCUT2D eigenvalue weighted by atomic mass is 32.2. The fourth-order valence-corrected chi connectivity index (χ4v) is 5.10. The van der Waals surface area contributed by atoms with Crippen molar-refractivity contribution in [3.63, 3.8) is 0 Å². The topological polar surface area (TPSA) is 97.2 Å². The fraction of sp³-hybridized carbons (Fsp3) is 0.316. The van der Waals surface area contributed by atoms with Crippen LogP contribution in [0.15, 0.2) is 34.3 Å². The van der Waals surface area contributed by atoms with Gasteiger partial charge in [-0.25, -0.2) is 23.1 Å². The molecule has 170 valence electrons. The van der Waals surface area contributed by atoms with E-state index in [0.717, 1.165) is 21.0 Å². The molecule has 1 aromatic carbocycles. The number of anilines is 1. The van der Waals surface area contributed by atoms with Crippen molar-refractivity contribution in [2.45, 2.75) is 17.7 Å². The predicted molar refractivity (Wildman–Crippen MR) is 116 cm³/mol. The molecule has 32 heavy (non-hydrogen) atoms. The average molecular weight is 486 g/mol. The second kappa shape index (κ2) is 8.37. The van der Waals surface area contributed by atoms with Gasteiger partial charge in [0.05, 0.1) is 16.8 Å². The highest BCUT2D eigenvalue weighted by Gasteiger charge is 2.32. The van der Waals surface area contributed by atoms with E-state index < -0.39 is 44.8 Å². The van der Waals surface area contributed by atoms with E-state index in [-0.39, 0.29) is 30.7 Å². The van der Waals surface area contributed by atoms with Crippen LogP contribution in [0.2, 0.25) is 0 Å². The number of nitrogens with zero attached hydrogens (tertiary/aromatic N) is 4. The van der Waals surface area contributed by atoms with Gasteiger partial charge < -0.3 is 0 Å². The Bertz CT molecular complexity index is 1380. The molecule has 0 amide bonds. The van der Waals surface area contributed by atoms with E-state index in [9.17, 15) is 22.0 Å². The highest BCUT2D eigenvalue weighted by molar-refractivity contribution is 7.98. The number of aryl methyl sites for hydroxylation is 1. The third-order valence-corrected chi connectivity index (χ3v) is 7.19. The lowest BCUT2D eigenvalue weighted by atomic mass is 10.0. The molecule has 4 rings (SSSR count). The quantitative estimate of drug-likeness (QED) is 0.441. The lowest BCUT2D eigenvalue weighted by Crippen LogP contribution is -2.34. The minimum atomic E-state index is -4.27. The van der Waals surface area contributed by atoms with E-state index in [4.69, 9.17) is 0 Å². The molecule has 1 aliphatic heterocycles. The third kappa shape index (κ3) is 3.95. The third-order valence-electron chi connectivity index (χ3n) is 5.14. The monoisotopic (exact) mass is 485 g/mol.